The number of nitrogens with two attached hydrogens (primary N) is 2. The molecule has 4 rings (SSSR count). The molecule has 2 aromatic heterocycles. The van der Waals surface area contributed by atoms with Gasteiger partial charge in [0.15, 0.2) is 10.8 Å². The average molecular weight is 568 g/mol. The smallest absolute Gasteiger partial charge is 0.353 e. The van der Waals surface area contributed by atoms with Gasteiger partial charge in [0, 0.05) is 51.4 Å². The highest BCUT2D eigenvalue weighted by molar-refractivity contribution is 8.06. The number of nitrogen functional groups attached to an aromatic ring is 1. The number of aromatic nitrogens is 2. The van der Waals surface area contributed by atoms with Crippen molar-refractivity contribution in [3.8, 4) is 0 Å². The molecule has 0 unspecified atom stereocenters. The third kappa shape index (κ3) is 5.31. The molecule has 0 saturated carbocycles. The monoisotopic (exact) mass is 567 g/mol. The first-order chi connectivity index (χ1) is 17.3. The maximum absolute atomic E-state index is 13.0. The fourth-order valence-corrected chi connectivity index (χ4v) is 7.48. The first-order valence-electron chi connectivity index (χ1n) is 10.4. The molecular weight excluding hydrogens is 547 g/mol. The minimum absolute atomic E-state index is 0.0695. The summed E-state index contributed by atoms with van der Waals surface area (Å²) in [5.74, 6) is -0.834. The number of amides is 2. The van der Waals surface area contributed by atoms with Crippen molar-refractivity contribution in [2.75, 3.05) is 23.8 Å². The van der Waals surface area contributed by atoms with E-state index >= 15 is 0 Å². The molecule has 1 saturated heterocycles. The normalized spacial score (nSPS) is 19.6. The molecule has 7 N–H and O–H groups in total. The van der Waals surface area contributed by atoms with Gasteiger partial charge in [-0.3, -0.25) is 19.5 Å². The van der Waals surface area contributed by atoms with Gasteiger partial charge in [-0.2, -0.15) is 11.8 Å². The van der Waals surface area contributed by atoms with Crippen molar-refractivity contribution in [3.63, 3.8) is 0 Å². The summed E-state index contributed by atoms with van der Waals surface area (Å²) in [5.41, 5.74) is 11.7. The van der Waals surface area contributed by atoms with E-state index in [2.05, 4.69) is 20.4 Å². The van der Waals surface area contributed by atoms with Crippen LogP contribution in [0.15, 0.2) is 44.5 Å². The molecule has 2 atom stereocenters. The minimum atomic E-state index is -1.23. The summed E-state index contributed by atoms with van der Waals surface area (Å²) in [7, 11) is 0. The number of nitrogens with zero attached hydrogens (tertiary/aromatic N) is 4. The van der Waals surface area contributed by atoms with Crippen LogP contribution in [-0.4, -0.2) is 78.1 Å². The predicted molar refractivity (Wildman–Crippen MR) is 140 cm³/mol. The molecule has 1 fully saturated rings. The molecule has 190 valence electrons. The van der Waals surface area contributed by atoms with Gasteiger partial charge < -0.3 is 27.1 Å². The molecule has 0 spiro atoms. The Balaban J connectivity index is 1.51. The molecular formula is C20H21N7O5S4. The number of nitrogens with one attached hydrogen (secondary N) is 1. The highest BCUT2D eigenvalue weighted by Crippen LogP contribution is 2.45. The molecule has 2 aliphatic heterocycles. The maximum Gasteiger partial charge on any atom is 0.353 e. The molecule has 0 aromatic carbocycles. The first-order valence-corrected chi connectivity index (χ1v) is 14.3. The molecule has 2 amide bonds. The van der Waals surface area contributed by atoms with E-state index in [0.717, 1.165) is 27.5 Å². The quantitative estimate of drug-likeness (QED) is 0.0898. The summed E-state index contributed by atoms with van der Waals surface area (Å²) in [6.07, 6.45) is 3.37. The molecule has 0 bridgehead atoms. The van der Waals surface area contributed by atoms with Gasteiger partial charge in [-0.15, -0.1) is 23.1 Å². The van der Waals surface area contributed by atoms with Crippen molar-refractivity contribution in [1.82, 2.24) is 20.2 Å². The zero-order valence-electron chi connectivity index (χ0n) is 18.5. The number of thioether (sulfide) groups is 3. The predicted octanol–water partition coefficient (Wildman–Crippen LogP) is 0.979. The largest absolute Gasteiger partial charge is 0.477 e. The fraction of sp³-hybridized carbons (Fsp3) is 0.300. The standard InChI is InChI=1S/C20H21N7O5S4/c21-2-4-33-6-9-5-23-3-1-11(9)36-12-8-34-18-14(17(29)27(18)15(12)19(30)31)25-16(28)13(26-32)10-7-35-20(22)24-10/h1,3,5,7,14,18,32H,2,4,6,8,21H2,(H2,22,24)(H,25,28)(H,30,31)/b26-13+/t14-,18-/m1/s1. The molecule has 0 aliphatic carbocycles. The molecule has 16 heteroatoms. The topological polar surface area (TPSA) is 197 Å². The van der Waals surface area contributed by atoms with Crippen LogP contribution in [0, 0.1) is 0 Å². The maximum atomic E-state index is 13.0. The highest BCUT2D eigenvalue weighted by atomic mass is 32.2. The number of carbonyl (C=O) groups is 3. The van der Waals surface area contributed by atoms with Crippen molar-refractivity contribution in [2.24, 2.45) is 10.9 Å². The number of fused-ring (bicyclic) bond motifs is 1. The number of rotatable bonds is 10. The number of oxime groups is 1. The minimum Gasteiger partial charge on any atom is -0.477 e. The van der Waals surface area contributed by atoms with E-state index in [1.54, 1.807) is 24.2 Å². The number of hydrogen-bond acceptors (Lipinski definition) is 13. The number of carboxylic acids is 1. The lowest BCUT2D eigenvalue weighted by atomic mass is 10.0. The summed E-state index contributed by atoms with van der Waals surface area (Å²) in [4.78, 5) is 48.5. The van der Waals surface area contributed by atoms with Crippen LogP contribution in [0.2, 0.25) is 0 Å². The molecule has 2 aromatic rings. The van der Waals surface area contributed by atoms with Crippen molar-refractivity contribution in [3.05, 3.63) is 45.7 Å². The second-order valence-corrected chi connectivity index (χ2v) is 11.6. The van der Waals surface area contributed by atoms with Gasteiger partial charge in [0.25, 0.3) is 11.8 Å². The summed E-state index contributed by atoms with van der Waals surface area (Å²) in [6.45, 7) is 0.554. The summed E-state index contributed by atoms with van der Waals surface area (Å²) in [6, 6.07) is 0.828. The molecule has 36 heavy (non-hydrogen) atoms. The van der Waals surface area contributed by atoms with Crippen LogP contribution >= 0.6 is 46.6 Å². The van der Waals surface area contributed by atoms with E-state index in [1.807, 2.05) is 6.07 Å². The SMILES string of the molecule is NCCSCc1cnccc1SC1=C(C(=O)O)N2C(=O)[C@@H](NC(=O)/C(=N/O)c3csc(N)n3)[C@H]2SC1. The van der Waals surface area contributed by atoms with E-state index in [-0.39, 0.29) is 16.5 Å². The lowest BCUT2D eigenvalue weighted by Crippen LogP contribution is -2.71. The zero-order valence-corrected chi connectivity index (χ0v) is 21.8. The number of thiazole rings is 1. The van der Waals surface area contributed by atoms with E-state index in [9.17, 15) is 24.7 Å². The number of pyridine rings is 1. The second kappa shape index (κ2) is 11.5. The first kappa shape index (κ1) is 26.3. The van der Waals surface area contributed by atoms with Crippen LogP contribution < -0.4 is 16.8 Å². The van der Waals surface area contributed by atoms with E-state index in [1.165, 1.54) is 33.8 Å². The Hall–Kier alpha value is -2.79. The summed E-state index contributed by atoms with van der Waals surface area (Å²) >= 11 is 5.35. The Morgan fingerprint density at radius 3 is 2.86 bits per heavy atom. The Kier molecular flexibility index (Phi) is 8.40. The average Bonchev–Trinajstić information content (AvgIpc) is 3.29. The van der Waals surface area contributed by atoms with Gasteiger partial charge in [0.2, 0.25) is 0 Å². The molecule has 12 nitrogen and oxygen atoms in total. The summed E-state index contributed by atoms with van der Waals surface area (Å²) < 4.78 is 0. The van der Waals surface area contributed by atoms with Crippen LogP contribution in [0.25, 0.3) is 0 Å². The number of hydrogen-bond donors (Lipinski definition) is 5. The van der Waals surface area contributed by atoms with Gasteiger partial charge in [-0.05, 0) is 11.6 Å². The number of carboxylic acid groups (broad SMARTS) is 1. The Bertz CT molecular complexity index is 1250. The highest BCUT2D eigenvalue weighted by Gasteiger charge is 2.54. The van der Waals surface area contributed by atoms with Crippen LogP contribution in [0.5, 0.6) is 0 Å². The number of carbonyl (C=O) groups excluding carboxylic acids is 2. The van der Waals surface area contributed by atoms with Crippen LogP contribution in [0.3, 0.4) is 0 Å². The lowest BCUT2D eigenvalue weighted by molar-refractivity contribution is -0.150. The van der Waals surface area contributed by atoms with E-state index in [0.29, 0.717) is 23.0 Å². The molecule has 0 radical (unpaired) electrons. The van der Waals surface area contributed by atoms with Crippen molar-refractivity contribution >= 4 is 75.2 Å². The molecule has 2 aliphatic rings. The number of β-lactam (4-membered cyclic amide) rings is 1. The number of aliphatic carboxylic acids is 1. The van der Waals surface area contributed by atoms with Crippen LogP contribution in [-0.2, 0) is 20.1 Å². The van der Waals surface area contributed by atoms with Crippen LogP contribution in [0.1, 0.15) is 11.3 Å². The lowest BCUT2D eigenvalue weighted by Gasteiger charge is -2.49. The third-order valence-corrected chi connectivity index (χ3v) is 9.49. The zero-order chi connectivity index (χ0) is 25.8. The van der Waals surface area contributed by atoms with Gasteiger partial charge in [0.1, 0.15) is 22.8 Å². The van der Waals surface area contributed by atoms with Gasteiger partial charge in [0.05, 0.1) is 0 Å². The molecule has 4 heterocycles. The Morgan fingerprint density at radius 1 is 1.39 bits per heavy atom. The Morgan fingerprint density at radius 2 is 2.19 bits per heavy atom. The second-order valence-electron chi connectivity index (χ2n) is 7.38. The van der Waals surface area contributed by atoms with Gasteiger partial charge in [-0.25, -0.2) is 9.78 Å². The Labute approximate surface area is 222 Å². The van der Waals surface area contributed by atoms with Gasteiger partial charge in [-0.1, -0.05) is 16.9 Å². The fourth-order valence-electron chi connectivity index (χ4n) is 3.51. The van der Waals surface area contributed by atoms with Crippen molar-refractivity contribution in [2.45, 2.75) is 22.1 Å². The van der Waals surface area contributed by atoms with Crippen molar-refractivity contribution < 1.29 is 24.7 Å². The van der Waals surface area contributed by atoms with Crippen molar-refractivity contribution in [1.29, 1.82) is 0 Å². The van der Waals surface area contributed by atoms with E-state index in [4.69, 9.17) is 11.5 Å². The van der Waals surface area contributed by atoms with Crippen LogP contribution in [0.4, 0.5) is 5.13 Å². The summed E-state index contributed by atoms with van der Waals surface area (Å²) in [5, 5.41) is 25.8. The third-order valence-electron chi connectivity index (χ3n) is 5.11. The number of anilines is 1. The van der Waals surface area contributed by atoms with E-state index < -0.39 is 34.9 Å². The van der Waals surface area contributed by atoms with Gasteiger partial charge >= 0.3 is 5.97 Å².